The Morgan fingerprint density at radius 2 is 2.00 bits per heavy atom. The number of piperidine rings is 1. The van der Waals surface area contributed by atoms with Crippen LogP contribution < -0.4 is 10.5 Å². The molecular weight excluding hydrogens is 272 g/mol. The van der Waals surface area contributed by atoms with Gasteiger partial charge in [0.15, 0.2) is 0 Å². The summed E-state index contributed by atoms with van der Waals surface area (Å²) in [5.41, 5.74) is 7.18. The summed E-state index contributed by atoms with van der Waals surface area (Å²) in [7, 11) is 0. The molecule has 0 saturated carbocycles. The summed E-state index contributed by atoms with van der Waals surface area (Å²) in [5, 5.41) is 0. The van der Waals surface area contributed by atoms with Crippen LogP contribution in [0.3, 0.4) is 0 Å². The van der Waals surface area contributed by atoms with Crippen LogP contribution in [0.5, 0.6) is 5.75 Å². The van der Waals surface area contributed by atoms with E-state index >= 15 is 0 Å². The summed E-state index contributed by atoms with van der Waals surface area (Å²) >= 11 is 0. The SMILES string of the molecule is CCCCCCOc1ccc(CN2CCCC(CN)C2)cc1. The van der Waals surface area contributed by atoms with E-state index in [2.05, 4.69) is 36.1 Å². The fourth-order valence-electron chi connectivity index (χ4n) is 3.16. The molecule has 2 N–H and O–H groups in total. The number of likely N-dealkylation sites (tertiary alicyclic amines) is 1. The zero-order chi connectivity index (χ0) is 15.6. The fourth-order valence-corrected chi connectivity index (χ4v) is 3.16. The Morgan fingerprint density at radius 1 is 1.18 bits per heavy atom. The summed E-state index contributed by atoms with van der Waals surface area (Å²) in [6, 6.07) is 8.62. The number of hydrogen-bond donors (Lipinski definition) is 1. The van der Waals surface area contributed by atoms with E-state index in [9.17, 15) is 0 Å². The van der Waals surface area contributed by atoms with Crippen molar-refractivity contribution in [2.24, 2.45) is 11.7 Å². The molecule has 1 aromatic carbocycles. The monoisotopic (exact) mass is 304 g/mol. The van der Waals surface area contributed by atoms with Crippen molar-refractivity contribution >= 4 is 0 Å². The van der Waals surface area contributed by atoms with Gasteiger partial charge in [-0.3, -0.25) is 4.90 Å². The predicted molar refractivity (Wildman–Crippen MR) is 93.1 cm³/mol. The molecule has 1 unspecified atom stereocenters. The minimum absolute atomic E-state index is 0.680. The number of benzene rings is 1. The molecule has 1 atom stereocenters. The zero-order valence-electron chi connectivity index (χ0n) is 14.1. The fraction of sp³-hybridized carbons (Fsp3) is 0.684. The molecule has 0 amide bonds. The highest BCUT2D eigenvalue weighted by atomic mass is 16.5. The maximum Gasteiger partial charge on any atom is 0.119 e. The van der Waals surface area contributed by atoms with Gasteiger partial charge < -0.3 is 10.5 Å². The lowest BCUT2D eigenvalue weighted by Crippen LogP contribution is -2.37. The quantitative estimate of drug-likeness (QED) is 0.705. The number of nitrogens with two attached hydrogens (primary N) is 1. The maximum absolute atomic E-state index is 5.81. The molecule has 2 rings (SSSR count). The molecule has 1 aliphatic heterocycles. The largest absolute Gasteiger partial charge is 0.494 e. The third-order valence-corrected chi connectivity index (χ3v) is 4.53. The van der Waals surface area contributed by atoms with Crippen molar-refractivity contribution in [2.45, 2.75) is 52.0 Å². The van der Waals surface area contributed by atoms with Crippen molar-refractivity contribution in [3.63, 3.8) is 0 Å². The molecule has 1 fully saturated rings. The van der Waals surface area contributed by atoms with E-state index in [-0.39, 0.29) is 0 Å². The van der Waals surface area contributed by atoms with E-state index in [1.165, 1.54) is 44.2 Å². The lowest BCUT2D eigenvalue weighted by atomic mass is 9.98. The third kappa shape index (κ3) is 5.98. The van der Waals surface area contributed by atoms with Gasteiger partial charge in [0.2, 0.25) is 0 Å². The number of ether oxygens (including phenoxy) is 1. The van der Waals surface area contributed by atoms with Gasteiger partial charge in [0.25, 0.3) is 0 Å². The van der Waals surface area contributed by atoms with Crippen molar-refractivity contribution in [3.05, 3.63) is 29.8 Å². The molecule has 3 heteroatoms. The molecule has 1 heterocycles. The number of hydrogen-bond acceptors (Lipinski definition) is 3. The highest BCUT2D eigenvalue weighted by Crippen LogP contribution is 2.19. The first-order valence-corrected chi connectivity index (χ1v) is 8.96. The topological polar surface area (TPSA) is 38.5 Å². The van der Waals surface area contributed by atoms with Gasteiger partial charge in [0.1, 0.15) is 5.75 Å². The third-order valence-electron chi connectivity index (χ3n) is 4.53. The van der Waals surface area contributed by atoms with Gasteiger partial charge in [-0.15, -0.1) is 0 Å². The van der Waals surface area contributed by atoms with Crippen LogP contribution in [0, 0.1) is 5.92 Å². The van der Waals surface area contributed by atoms with Crippen LogP contribution in [0.1, 0.15) is 51.0 Å². The molecule has 0 aromatic heterocycles. The second-order valence-corrected chi connectivity index (χ2v) is 6.53. The van der Waals surface area contributed by atoms with Crippen LogP contribution in [0.2, 0.25) is 0 Å². The van der Waals surface area contributed by atoms with Crippen LogP contribution in [0.15, 0.2) is 24.3 Å². The number of rotatable bonds is 9. The van der Waals surface area contributed by atoms with E-state index in [0.717, 1.165) is 38.4 Å². The maximum atomic E-state index is 5.81. The second-order valence-electron chi connectivity index (χ2n) is 6.53. The molecule has 1 aliphatic rings. The molecule has 124 valence electrons. The highest BCUT2D eigenvalue weighted by molar-refractivity contribution is 5.27. The van der Waals surface area contributed by atoms with Crippen molar-refractivity contribution < 1.29 is 4.74 Å². The Kier molecular flexibility index (Phi) is 7.75. The molecule has 0 spiro atoms. The summed E-state index contributed by atoms with van der Waals surface area (Å²) in [6.07, 6.45) is 7.58. The van der Waals surface area contributed by atoms with Crippen molar-refractivity contribution in [3.8, 4) is 5.75 Å². The van der Waals surface area contributed by atoms with Gasteiger partial charge in [0.05, 0.1) is 6.61 Å². The summed E-state index contributed by atoms with van der Waals surface area (Å²) in [5.74, 6) is 1.68. The van der Waals surface area contributed by atoms with E-state index in [1.807, 2.05) is 0 Å². The molecule has 3 nitrogen and oxygen atoms in total. The lowest BCUT2D eigenvalue weighted by molar-refractivity contribution is 0.171. The molecular formula is C19H32N2O. The number of nitrogens with zero attached hydrogens (tertiary/aromatic N) is 1. The Balaban J connectivity index is 1.72. The highest BCUT2D eigenvalue weighted by Gasteiger charge is 2.18. The van der Waals surface area contributed by atoms with Crippen LogP contribution in [0.4, 0.5) is 0 Å². The second kappa shape index (κ2) is 9.86. The minimum atomic E-state index is 0.680. The van der Waals surface area contributed by atoms with E-state index in [0.29, 0.717) is 5.92 Å². The lowest BCUT2D eigenvalue weighted by Gasteiger charge is -2.32. The average Bonchev–Trinajstić information content (AvgIpc) is 2.56. The van der Waals surface area contributed by atoms with Gasteiger partial charge in [-0.25, -0.2) is 0 Å². The first-order chi connectivity index (χ1) is 10.8. The van der Waals surface area contributed by atoms with Crippen LogP contribution >= 0.6 is 0 Å². The van der Waals surface area contributed by atoms with Crippen molar-refractivity contribution in [2.75, 3.05) is 26.2 Å². The van der Waals surface area contributed by atoms with Crippen molar-refractivity contribution in [1.29, 1.82) is 0 Å². The Hall–Kier alpha value is -1.06. The summed E-state index contributed by atoms with van der Waals surface area (Å²) in [6.45, 7) is 7.27. The first-order valence-electron chi connectivity index (χ1n) is 8.96. The van der Waals surface area contributed by atoms with Gasteiger partial charge >= 0.3 is 0 Å². The van der Waals surface area contributed by atoms with Crippen LogP contribution in [0.25, 0.3) is 0 Å². The minimum Gasteiger partial charge on any atom is -0.494 e. The standard InChI is InChI=1S/C19H32N2O/c1-2-3-4-5-13-22-19-10-8-17(9-11-19)15-21-12-6-7-18(14-20)16-21/h8-11,18H,2-7,12-16,20H2,1H3. The predicted octanol–water partition coefficient (Wildman–Crippen LogP) is 3.82. The normalized spacial score (nSPS) is 19.3. The Bertz CT molecular complexity index is 404. The van der Waals surface area contributed by atoms with Gasteiger partial charge in [-0.05, 0) is 56.0 Å². The van der Waals surface area contributed by atoms with Crippen LogP contribution in [-0.4, -0.2) is 31.1 Å². The van der Waals surface area contributed by atoms with E-state index in [4.69, 9.17) is 10.5 Å². The molecule has 22 heavy (non-hydrogen) atoms. The Morgan fingerprint density at radius 3 is 2.73 bits per heavy atom. The van der Waals surface area contributed by atoms with Crippen molar-refractivity contribution in [1.82, 2.24) is 4.90 Å². The van der Waals surface area contributed by atoms with Crippen LogP contribution in [-0.2, 0) is 6.54 Å². The van der Waals surface area contributed by atoms with Gasteiger partial charge in [0, 0.05) is 13.1 Å². The molecule has 0 radical (unpaired) electrons. The molecule has 0 aliphatic carbocycles. The first kappa shape index (κ1) is 17.3. The summed E-state index contributed by atoms with van der Waals surface area (Å²) < 4.78 is 5.80. The Labute approximate surface area is 135 Å². The molecule has 1 saturated heterocycles. The van der Waals surface area contributed by atoms with Gasteiger partial charge in [-0.2, -0.15) is 0 Å². The average molecular weight is 304 g/mol. The van der Waals surface area contributed by atoms with E-state index < -0.39 is 0 Å². The van der Waals surface area contributed by atoms with Gasteiger partial charge in [-0.1, -0.05) is 38.3 Å². The number of unbranched alkanes of at least 4 members (excludes halogenated alkanes) is 3. The molecule has 1 aromatic rings. The zero-order valence-corrected chi connectivity index (χ0v) is 14.1. The molecule has 0 bridgehead atoms. The summed E-state index contributed by atoms with van der Waals surface area (Å²) in [4.78, 5) is 2.53. The smallest absolute Gasteiger partial charge is 0.119 e. The van der Waals surface area contributed by atoms with E-state index in [1.54, 1.807) is 0 Å².